The Kier molecular flexibility index (Phi) is 6.96. The number of halogens is 1. The van der Waals surface area contributed by atoms with Crippen molar-refractivity contribution in [1.82, 2.24) is 5.43 Å². The van der Waals surface area contributed by atoms with Crippen molar-refractivity contribution >= 4 is 46.7 Å². The molecule has 0 radical (unpaired) electrons. The number of benzene rings is 1. The van der Waals surface area contributed by atoms with E-state index in [1.807, 2.05) is 24.4 Å². The molecule has 0 aliphatic rings. The number of hydrogen-bond acceptors (Lipinski definition) is 4. The summed E-state index contributed by atoms with van der Waals surface area (Å²) in [7, 11) is 0. The van der Waals surface area contributed by atoms with Gasteiger partial charge in [0.25, 0.3) is 0 Å². The average Bonchev–Trinajstić information content (AvgIpc) is 3.05. The second kappa shape index (κ2) is 9.20. The van der Waals surface area contributed by atoms with Crippen LogP contribution < -0.4 is 10.7 Å². The number of carbonyl (C=O) groups excluding carboxylic acids is 2. The van der Waals surface area contributed by atoms with Gasteiger partial charge < -0.3 is 5.32 Å². The van der Waals surface area contributed by atoms with Crippen LogP contribution in [-0.4, -0.2) is 18.0 Å². The number of hydrazone groups is 1. The van der Waals surface area contributed by atoms with E-state index in [4.69, 9.17) is 11.6 Å². The fourth-order valence-corrected chi connectivity index (χ4v) is 2.71. The largest absolute Gasteiger partial charge is 0.326 e. The maximum atomic E-state index is 11.9. The van der Waals surface area contributed by atoms with Crippen molar-refractivity contribution in [3.63, 3.8) is 0 Å². The number of rotatable bonds is 7. The van der Waals surface area contributed by atoms with E-state index in [0.717, 1.165) is 10.4 Å². The number of amides is 2. The second-order valence-electron chi connectivity index (χ2n) is 5.12. The molecule has 0 saturated carbocycles. The lowest BCUT2D eigenvalue weighted by molar-refractivity contribution is -0.121. The molecule has 1 aromatic carbocycles. The van der Waals surface area contributed by atoms with Gasteiger partial charge in [-0.1, -0.05) is 23.7 Å². The monoisotopic (exact) mass is 363 g/mol. The molecule has 0 aliphatic heterocycles. The van der Waals surface area contributed by atoms with Gasteiger partial charge in [0.1, 0.15) is 0 Å². The van der Waals surface area contributed by atoms with Gasteiger partial charge in [0.05, 0.1) is 6.21 Å². The normalized spacial score (nSPS) is 10.8. The zero-order chi connectivity index (χ0) is 17.4. The molecule has 0 fully saturated rings. The van der Waals surface area contributed by atoms with E-state index >= 15 is 0 Å². The molecule has 2 rings (SSSR count). The molecule has 126 valence electrons. The fraction of sp³-hybridized carbons (Fsp3) is 0.235. The smallest absolute Gasteiger partial charge is 0.240 e. The number of nitrogens with zero attached hydrogens (tertiary/aromatic N) is 1. The van der Waals surface area contributed by atoms with Crippen LogP contribution in [0.4, 0.5) is 5.69 Å². The van der Waals surface area contributed by atoms with Crippen molar-refractivity contribution in [2.75, 3.05) is 5.32 Å². The van der Waals surface area contributed by atoms with Crippen LogP contribution in [0.2, 0.25) is 5.02 Å². The lowest BCUT2D eigenvalue weighted by Crippen LogP contribution is -2.18. The number of thiophene rings is 1. The van der Waals surface area contributed by atoms with Gasteiger partial charge in [-0.3, -0.25) is 9.59 Å². The third-order valence-corrected chi connectivity index (χ3v) is 4.49. The van der Waals surface area contributed by atoms with E-state index in [0.29, 0.717) is 17.1 Å². The Morgan fingerprint density at radius 1 is 1.21 bits per heavy atom. The Hall–Kier alpha value is -2.18. The van der Waals surface area contributed by atoms with Crippen LogP contribution in [-0.2, 0) is 9.59 Å². The third kappa shape index (κ3) is 5.79. The average molecular weight is 364 g/mol. The number of nitrogens with one attached hydrogen (secondary N) is 2. The molecule has 2 N–H and O–H groups in total. The molecule has 0 aliphatic carbocycles. The molecule has 24 heavy (non-hydrogen) atoms. The molecule has 0 spiro atoms. The molecule has 0 bridgehead atoms. The van der Waals surface area contributed by atoms with Crippen molar-refractivity contribution in [3.8, 4) is 0 Å². The summed E-state index contributed by atoms with van der Waals surface area (Å²) in [4.78, 5) is 24.5. The molecule has 2 amide bonds. The summed E-state index contributed by atoms with van der Waals surface area (Å²) >= 11 is 7.55. The maximum absolute atomic E-state index is 11.9. The molecule has 2 aromatic rings. The summed E-state index contributed by atoms with van der Waals surface area (Å²) in [5, 5.41) is 9.22. The van der Waals surface area contributed by atoms with Crippen LogP contribution in [0, 0.1) is 6.92 Å². The van der Waals surface area contributed by atoms with Gasteiger partial charge in [-0.15, -0.1) is 11.3 Å². The highest BCUT2D eigenvalue weighted by Crippen LogP contribution is 2.23. The first-order valence-electron chi connectivity index (χ1n) is 7.46. The molecular formula is C17H18ClN3O2S. The van der Waals surface area contributed by atoms with Crippen molar-refractivity contribution in [1.29, 1.82) is 0 Å². The van der Waals surface area contributed by atoms with Crippen LogP contribution in [0.15, 0.2) is 40.8 Å². The minimum atomic E-state index is -0.213. The van der Waals surface area contributed by atoms with Gasteiger partial charge in [0.15, 0.2) is 0 Å². The minimum absolute atomic E-state index is 0.143. The Morgan fingerprint density at radius 2 is 2.00 bits per heavy atom. The zero-order valence-electron chi connectivity index (χ0n) is 13.2. The standard InChI is InChI=1S/C17H18ClN3O2S/c1-12-14(18)6-2-7-15(12)20-16(22)8-3-9-17(23)21-19-11-13-5-4-10-24-13/h2,4-7,10-11H,3,8-9H2,1H3,(H,20,22)(H,21,23)/b19-11+. The van der Waals surface area contributed by atoms with Gasteiger partial charge in [-0.05, 0) is 42.5 Å². The fourth-order valence-electron chi connectivity index (χ4n) is 1.95. The number of hydrogen-bond donors (Lipinski definition) is 2. The van der Waals surface area contributed by atoms with Crippen LogP contribution in [0.1, 0.15) is 29.7 Å². The summed E-state index contributed by atoms with van der Waals surface area (Å²) in [5.74, 6) is -0.357. The van der Waals surface area contributed by atoms with Gasteiger partial charge in [-0.25, -0.2) is 5.43 Å². The summed E-state index contributed by atoms with van der Waals surface area (Å²) in [6, 6.07) is 9.17. The highest BCUT2D eigenvalue weighted by atomic mass is 35.5. The van der Waals surface area contributed by atoms with Gasteiger partial charge in [0.2, 0.25) is 11.8 Å². The summed E-state index contributed by atoms with van der Waals surface area (Å²) in [6.45, 7) is 1.84. The number of carbonyl (C=O) groups is 2. The van der Waals surface area contributed by atoms with E-state index < -0.39 is 0 Å². The Morgan fingerprint density at radius 3 is 2.75 bits per heavy atom. The van der Waals surface area contributed by atoms with E-state index in [-0.39, 0.29) is 24.7 Å². The molecule has 0 unspecified atom stereocenters. The second-order valence-corrected chi connectivity index (χ2v) is 6.51. The zero-order valence-corrected chi connectivity index (χ0v) is 14.8. The van der Waals surface area contributed by atoms with E-state index in [2.05, 4.69) is 15.8 Å². The first-order chi connectivity index (χ1) is 11.6. The highest BCUT2D eigenvalue weighted by Gasteiger charge is 2.08. The summed E-state index contributed by atoms with van der Waals surface area (Å²) in [5.41, 5.74) is 3.97. The van der Waals surface area contributed by atoms with Crippen molar-refractivity contribution < 1.29 is 9.59 Å². The van der Waals surface area contributed by atoms with Crippen molar-refractivity contribution in [2.24, 2.45) is 5.10 Å². The predicted molar refractivity (Wildman–Crippen MR) is 98.7 cm³/mol. The van der Waals surface area contributed by atoms with Gasteiger partial charge in [-0.2, -0.15) is 5.10 Å². The van der Waals surface area contributed by atoms with Crippen LogP contribution in [0.25, 0.3) is 0 Å². The van der Waals surface area contributed by atoms with Crippen LogP contribution in [0.5, 0.6) is 0 Å². The van der Waals surface area contributed by atoms with Crippen molar-refractivity contribution in [2.45, 2.75) is 26.2 Å². The molecule has 0 atom stereocenters. The molecule has 1 aromatic heterocycles. The van der Waals surface area contributed by atoms with E-state index in [1.54, 1.807) is 24.4 Å². The first-order valence-corrected chi connectivity index (χ1v) is 8.72. The SMILES string of the molecule is Cc1c(Cl)cccc1NC(=O)CCCC(=O)N/N=C/c1cccs1. The molecule has 1 heterocycles. The minimum Gasteiger partial charge on any atom is -0.326 e. The topological polar surface area (TPSA) is 70.6 Å². The molecular weight excluding hydrogens is 346 g/mol. The van der Waals surface area contributed by atoms with Crippen molar-refractivity contribution in [3.05, 3.63) is 51.2 Å². The predicted octanol–water partition coefficient (Wildman–Crippen LogP) is 3.97. The van der Waals surface area contributed by atoms with Gasteiger partial charge >= 0.3 is 0 Å². The Bertz CT molecular complexity index is 729. The Labute approximate surface area is 149 Å². The molecule has 5 nitrogen and oxygen atoms in total. The summed E-state index contributed by atoms with van der Waals surface area (Å²) in [6.07, 6.45) is 2.54. The summed E-state index contributed by atoms with van der Waals surface area (Å²) < 4.78 is 0. The van der Waals surface area contributed by atoms with E-state index in [9.17, 15) is 9.59 Å². The van der Waals surface area contributed by atoms with Crippen LogP contribution in [0.3, 0.4) is 0 Å². The van der Waals surface area contributed by atoms with Gasteiger partial charge in [0, 0.05) is 28.4 Å². The quantitative estimate of drug-likeness (QED) is 0.577. The number of anilines is 1. The van der Waals surface area contributed by atoms with E-state index in [1.165, 1.54) is 11.3 Å². The molecule has 7 heteroatoms. The highest BCUT2D eigenvalue weighted by molar-refractivity contribution is 7.11. The third-order valence-electron chi connectivity index (χ3n) is 3.27. The lowest BCUT2D eigenvalue weighted by atomic mass is 10.2. The first kappa shape index (κ1) is 18.2. The maximum Gasteiger partial charge on any atom is 0.240 e. The Balaban J connectivity index is 1.68. The lowest BCUT2D eigenvalue weighted by Gasteiger charge is -2.09. The molecule has 0 saturated heterocycles. The van der Waals surface area contributed by atoms with Crippen LogP contribution >= 0.6 is 22.9 Å².